The van der Waals surface area contributed by atoms with E-state index in [1.807, 2.05) is 31.6 Å². The third kappa shape index (κ3) is 5.48. The summed E-state index contributed by atoms with van der Waals surface area (Å²) < 4.78 is 12.5. The molecule has 232 valence electrons. The van der Waals surface area contributed by atoms with Crippen LogP contribution in [0, 0.1) is 12.8 Å². The minimum Gasteiger partial charge on any atom is -0.421 e. The molecule has 1 N–H and O–H groups in total. The molecule has 11 heteroatoms. The summed E-state index contributed by atoms with van der Waals surface area (Å²) in [6, 6.07) is 8.47. The highest BCUT2D eigenvalue weighted by Crippen LogP contribution is 2.46. The van der Waals surface area contributed by atoms with Gasteiger partial charge in [-0.15, -0.1) is 21.5 Å². The van der Waals surface area contributed by atoms with Crippen molar-refractivity contribution in [2.75, 3.05) is 26.1 Å². The quantitative estimate of drug-likeness (QED) is 0.170. The van der Waals surface area contributed by atoms with Crippen LogP contribution < -0.4 is 5.32 Å². The molecule has 6 heterocycles. The van der Waals surface area contributed by atoms with E-state index in [1.165, 1.54) is 5.56 Å². The number of amides is 1. The second kappa shape index (κ2) is 12.3. The van der Waals surface area contributed by atoms with E-state index in [0.717, 1.165) is 94.1 Å². The molecule has 1 aliphatic carbocycles. The van der Waals surface area contributed by atoms with Crippen molar-refractivity contribution >= 4 is 33.1 Å². The van der Waals surface area contributed by atoms with Crippen LogP contribution in [-0.2, 0) is 24.1 Å². The minimum absolute atomic E-state index is 0.0490. The van der Waals surface area contributed by atoms with Crippen molar-refractivity contribution in [3.05, 3.63) is 70.8 Å². The number of thiophene rings is 1. The first-order chi connectivity index (χ1) is 21.9. The second-order valence-corrected chi connectivity index (χ2v) is 13.0. The number of aromatic nitrogens is 5. The Bertz CT molecular complexity index is 1880. The van der Waals surface area contributed by atoms with Crippen LogP contribution in [0.3, 0.4) is 0 Å². The van der Waals surface area contributed by atoms with E-state index < -0.39 is 0 Å². The predicted octanol–water partition coefficient (Wildman–Crippen LogP) is 6.79. The summed E-state index contributed by atoms with van der Waals surface area (Å²) in [5.41, 5.74) is 6.23. The Hall–Kier alpha value is -4.22. The molecule has 1 amide bonds. The summed E-state index contributed by atoms with van der Waals surface area (Å²) in [5.74, 6) is 2.13. The van der Waals surface area contributed by atoms with Gasteiger partial charge in [0.25, 0.3) is 5.91 Å². The zero-order valence-electron chi connectivity index (χ0n) is 26.1. The van der Waals surface area contributed by atoms with Crippen LogP contribution in [0.5, 0.6) is 0 Å². The number of anilines is 1. The molecule has 7 rings (SSSR count). The van der Waals surface area contributed by atoms with Crippen LogP contribution in [-0.4, -0.2) is 56.7 Å². The van der Waals surface area contributed by atoms with Gasteiger partial charge in [0.1, 0.15) is 5.82 Å². The van der Waals surface area contributed by atoms with Gasteiger partial charge in [0.2, 0.25) is 11.8 Å². The van der Waals surface area contributed by atoms with Crippen molar-refractivity contribution in [1.82, 2.24) is 30.0 Å². The number of aryl methyl sites for hydroxylation is 3. The number of carbonyl (C=O) groups is 1. The minimum atomic E-state index is -0.0490. The maximum absolute atomic E-state index is 13.7. The third-order valence-electron chi connectivity index (χ3n) is 9.09. The number of rotatable bonds is 11. The molecule has 5 aromatic heterocycles. The van der Waals surface area contributed by atoms with Crippen molar-refractivity contribution < 1.29 is 13.9 Å². The molecular weight excluding hydrogens is 586 g/mol. The lowest BCUT2D eigenvalue weighted by atomic mass is 9.91. The lowest BCUT2D eigenvalue weighted by molar-refractivity contribution is 0.0817. The normalized spacial score (nSPS) is 16.4. The molecule has 0 saturated heterocycles. The number of methoxy groups -OCH3 is 1. The molecule has 2 aliphatic rings. The maximum atomic E-state index is 13.7. The van der Waals surface area contributed by atoms with Gasteiger partial charge in [0.05, 0.1) is 39.8 Å². The Morgan fingerprint density at radius 2 is 2.02 bits per heavy atom. The second-order valence-electron chi connectivity index (χ2n) is 12.0. The van der Waals surface area contributed by atoms with Gasteiger partial charge < -0.3 is 19.4 Å². The van der Waals surface area contributed by atoms with Crippen molar-refractivity contribution in [3.63, 3.8) is 0 Å². The lowest BCUT2D eigenvalue weighted by Gasteiger charge is -2.17. The summed E-state index contributed by atoms with van der Waals surface area (Å²) in [5, 5.41) is 13.4. The van der Waals surface area contributed by atoms with E-state index in [2.05, 4.69) is 39.6 Å². The van der Waals surface area contributed by atoms with Crippen LogP contribution in [0.15, 0.2) is 41.1 Å². The number of hydrogen-bond donors (Lipinski definition) is 1. The van der Waals surface area contributed by atoms with Gasteiger partial charge >= 0.3 is 0 Å². The van der Waals surface area contributed by atoms with Gasteiger partial charge in [-0.25, -0.2) is 4.98 Å². The number of fused-ring (bicyclic) bond motifs is 3. The molecule has 0 radical (unpaired) electrons. The van der Waals surface area contributed by atoms with Crippen molar-refractivity contribution in [2.45, 2.75) is 65.0 Å². The molecular formula is C34H37N7O3S. The average molecular weight is 624 g/mol. The third-order valence-corrected chi connectivity index (χ3v) is 10.3. The highest BCUT2D eigenvalue weighted by molar-refractivity contribution is 7.23. The topological polar surface area (TPSA) is 119 Å². The fourth-order valence-corrected chi connectivity index (χ4v) is 7.84. The zero-order chi connectivity index (χ0) is 31.1. The number of pyridine rings is 3. The monoisotopic (exact) mass is 623 g/mol. The van der Waals surface area contributed by atoms with Gasteiger partial charge in [0.15, 0.2) is 0 Å². The number of hydrogen-bond acceptors (Lipinski definition) is 10. The zero-order valence-corrected chi connectivity index (χ0v) is 26.9. The summed E-state index contributed by atoms with van der Waals surface area (Å²) in [6.45, 7) is 5.20. The number of nitrogens with one attached hydrogen (secondary N) is 1. The van der Waals surface area contributed by atoms with E-state index >= 15 is 0 Å². The fourth-order valence-electron chi connectivity index (χ4n) is 6.67. The van der Waals surface area contributed by atoms with Crippen molar-refractivity contribution in [1.29, 1.82) is 0 Å². The van der Waals surface area contributed by atoms with Crippen LogP contribution in [0.25, 0.3) is 32.0 Å². The molecule has 2 atom stereocenters. The standard InChI is InChI=1S/C34H37N7O3S/c1-5-20(13-16-43-4)8-9-25-28(33-40-39-19(2)44-33)30(29-26(37-25)18-41(3)34(29)42)27-17-21-12-15-36-32(31(21)45-27)38-24-11-10-23-22(24)7-6-14-35-23/h6-7,12,14-15,17,20,24H,5,8-11,13,16,18H2,1-4H3,(H,36,38). The number of nitrogens with zero attached hydrogens (tertiary/aromatic N) is 6. The van der Waals surface area contributed by atoms with Gasteiger partial charge in [-0.05, 0) is 67.2 Å². The van der Waals surface area contributed by atoms with Crippen LogP contribution in [0.4, 0.5) is 5.82 Å². The molecule has 0 saturated carbocycles. The smallest absolute Gasteiger partial charge is 0.256 e. The Morgan fingerprint density at radius 1 is 1.13 bits per heavy atom. The fraction of sp³-hybridized carbons (Fsp3) is 0.412. The Balaban J connectivity index is 1.36. The SMILES string of the molecule is CCC(CCOC)CCc1nc2c(c(-c3cc4ccnc(NC5CCc6ncccc65)c4s3)c1-c1nnc(C)o1)C(=O)N(C)C2. The molecule has 0 fully saturated rings. The number of ether oxygens (including phenoxy) is 1. The highest BCUT2D eigenvalue weighted by Gasteiger charge is 2.35. The van der Waals surface area contributed by atoms with Crippen molar-refractivity contribution in [3.8, 4) is 21.9 Å². The largest absolute Gasteiger partial charge is 0.421 e. The summed E-state index contributed by atoms with van der Waals surface area (Å²) in [7, 11) is 3.57. The maximum Gasteiger partial charge on any atom is 0.256 e. The Morgan fingerprint density at radius 3 is 2.82 bits per heavy atom. The summed E-state index contributed by atoms with van der Waals surface area (Å²) in [6.07, 6.45) is 9.32. The van der Waals surface area contributed by atoms with Crippen molar-refractivity contribution in [2.24, 2.45) is 5.92 Å². The first-order valence-electron chi connectivity index (χ1n) is 15.6. The molecule has 0 bridgehead atoms. The van der Waals surface area contributed by atoms with E-state index in [-0.39, 0.29) is 11.9 Å². The first kappa shape index (κ1) is 29.5. The van der Waals surface area contributed by atoms with E-state index in [4.69, 9.17) is 19.1 Å². The van der Waals surface area contributed by atoms with Crippen LogP contribution in [0.2, 0.25) is 0 Å². The molecule has 10 nitrogen and oxygen atoms in total. The van der Waals surface area contributed by atoms with Gasteiger partial charge in [-0.1, -0.05) is 19.4 Å². The highest BCUT2D eigenvalue weighted by atomic mass is 32.1. The predicted molar refractivity (Wildman–Crippen MR) is 174 cm³/mol. The average Bonchev–Trinajstić information content (AvgIpc) is 3.83. The number of carbonyl (C=O) groups excluding carboxylic acids is 1. The van der Waals surface area contributed by atoms with Crippen LogP contribution >= 0.6 is 11.3 Å². The lowest BCUT2D eigenvalue weighted by Crippen LogP contribution is -2.18. The molecule has 45 heavy (non-hydrogen) atoms. The first-order valence-corrected chi connectivity index (χ1v) is 16.5. The molecule has 5 aromatic rings. The summed E-state index contributed by atoms with van der Waals surface area (Å²) in [4.78, 5) is 30.9. The molecule has 1 aliphatic heterocycles. The van der Waals surface area contributed by atoms with Crippen LogP contribution in [0.1, 0.15) is 77.5 Å². The van der Waals surface area contributed by atoms with Gasteiger partial charge in [-0.2, -0.15) is 0 Å². The Labute approximate surface area is 266 Å². The molecule has 2 unspecified atom stereocenters. The van der Waals surface area contributed by atoms with E-state index in [1.54, 1.807) is 30.3 Å². The van der Waals surface area contributed by atoms with Gasteiger partial charge in [-0.3, -0.25) is 14.8 Å². The molecule has 0 aromatic carbocycles. The van der Waals surface area contributed by atoms with E-state index in [9.17, 15) is 4.79 Å². The van der Waals surface area contributed by atoms with Gasteiger partial charge in [0, 0.05) is 56.2 Å². The Kier molecular flexibility index (Phi) is 8.05. The molecule has 0 spiro atoms. The summed E-state index contributed by atoms with van der Waals surface area (Å²) >= 11 is 1.63. The van der Waals surface area contributed by atoms with E-state index in [0.29, 0.717) is 29.8 Å².